The van der Waals surface area contributed by atoms with E-state index in [1.165, 1.54) is 18.4 Å². The normalized spacial score (nSPS) is 15.6. The largest absolute Gasteiger partial charge is 0.458 e. The van der Waals surface area contributed by atoms with Crippen LogP contribution in [0.15, 0.2) is 65.0 Å². The third-order valence-electron chi connectivity index (χ3n) is 4.17. The van der Waals surface area contributed by atoms with Crippen LogP contribution >= 0.6 is 0 Å². The minimum atomic E-state index is -0.897. The summed E-state index contributed by atoms with van der Waals surface area (Å²) in [5, 5.41) is 2.87. The molecule has 0 bridgehead atoms. The van der Waals surface area contributed by atoms with Crippen molar-refractivity contribution in [1.82, 2.24) is 0 Å². The van der Waals surface area contributed by atoms with Crippen LogP contribution < -0.4 is 11.1 Å². The van der Waals surface area contributed by atoms with Crippen molar-refractivity contribution in [3.8, 4) is 0 Å². The monoisotopic (exact) mass is 382 g/mol. The Morgan fingerprint density at radius 3 is 2.68 bits per heavy atom. The molecule has 28 heavy (non-hydrogen) atoms. The number of halogens is 1. The second-order valence-corrected chi connectivity index (χ2v) is 6.12. The molecule has 2 amide bonds. The third kappa shape index (κ3) is 3.39. The van der Waals surface area contributed by atoms with Crippen LogP contribution in [0, 0.1) is 5.82 Å². The van der Waals surface area contributed by atoms with Gasteiger partial charge < -0.3 is 24.9 Å². The maximum absolute atomic E-state index is 13.4. The zero-order valence-electron chi connectivity index (χ0n) is 14.5. The molecule has 1 atom stereocenters. The number of furan rings is 1. The van der Waals surface area contributed by atoms with Gasteiger partial charge in [0.15, 0.2) is 0 Å². The number of ether oxygens (including phenoxy) is 2. The minimum Gasteiger partial charge on any atom is -0.458 e. The Labute approximate surface area is 158 Å². The van der Waals surface area contributed by atoms with Gasteiger partial charge in [-0.1, -0.05) is 30.3 Å². The van der Waals surface area contributed by atoms with E-state index in [1.807, 2.05) is 30.3 Å². The van der Waals surface area contributed by atoms with Gasteiger partial charge in [-0.05, 0) is 17.7 Å². The fourth-order valence-corrected chi connectivity index (χ4v) is 2.88. The van der Waals surface area contributed by atoms with Gasteiger partial charge in [0.1, 0.15) is 23.3 Å². The van der Waals surface area contributed by atoms with Crippen LogP contribution in [0.5, 0.6) is 0 Å². The molecule has 2 heterocycles. The van der Waals surface area contributed by atoms with Crippen LogP contribution in [0.1, 0.15) is 16.1 Å². The van der Waals surface area contributed by atoms with E-state index in [0.29, 0.717) is 11.8 Å². The highest BCUT2D eigenvalue weighted by atomic mass is 19.1. The quantitative estimate of drug-likeness (QED) is 0.706. The highest BCUT2D eigenvalue weighted by Gasteiger charge is 2.28. The van der Waals surface area contributed by atoms with E-state index in [9.17, 15) is 14.0 Å². The fourth-order valence-electron chi connectivity index (χ4n) is 2.88. The standard InChI is InChI=1S/C20H15FN2O5/c21-12-6-7-13-14(9-12)28-18(19(22)24)17(13)23-20(25)15-10-26-16(27-15)8-11-4-2-1-3-5-11/h1-7,9-10,16H,8H2,(H2,22,24)(H,23,25). The van der Waals surface area contributed by atoms with Crippen molar-refractivity contribution in [2.45, 2.75) is 12.7 Å². The molecule has 0 fully saturated rings. The Kier molecular flexibility index (Phi) is 4.44. The lowest BCUT2D eigenvalue weighted by atomic mass is 10.1. The molecule has 1 aromatic heterocycles. The maximum atomic E-state index is 13.4. The van der Waals surface area contributed by atoms with E-state index in [2.05, 4.69) is 5.32 Å². The van der Waals surface area contributed by atoms with Gasteiger partial charge in [-0.25, -0.2) is 4.39 Å². The van der Waals surface area contributed by atoms with E-state index < -0.39 is 23.9 Å². The first-order valence-electron chi connectivity index (χ1n) is 8.40. The number of hydrogen-bond donors (Lipinski definition) is 2. The van der Waals surface area contributed by atoms with Gasteiger partial charge in [-0.15, -0.1) is 0 Å². The molecule has 8 heteroatoms. The molecule has 7 nitrogen and oxygen atoms in total. The summed E-state index contributed by atoms with van der Waals surface area (Å²) in [4.78, 5) is 24.2. The lowest BCUT2D eigenvalue weighted by Gasteiger charge is -2.11. The van der Waals surface area contributed by atoms with Crippen LogP contribution in [0.25, 0.3) is 11.0 Å². The lowest BCUT2D eigenvalue weighted by Crippen LogP contribution is -2.20. The molecule has 3 aromatic rings. The van der Waals surface area contributed by atoms with Gasteiger partial charge in [0.25, 0.3) is 11.8 Å². The molecule has 0 aliphatic carbocycles. The number of amides is 2. The maximum Gasteiger partial charge on any atom is 0.294 e. The molecule has 4 rings (SSSR count). The topological polar surface area (TPSA) is 104 Å². The van der Waals surface area contributed by atoms with E-state index in [1.54, 1.807) is 0 Å². The average Bonchev–Trinajstić information content (AvgIpc) is 3.27. The molecule has 3 N–H and O–H groups in total. The number of carbonyl (C=O) groups excluding carboxylic acids is 2. The zero-order chi connectivity index (χ0) is 19.7. The molecule has 1 aliphatic heterocycles. The Bertz CT molecular complexity index is 1090. The summed E-state index contributed by atoms with van der Waals surface area (Å²) in [5.41, 5.74) is 6.42. The summed E-state index contributed by atoms with van der Waals surface area (Å²) < 4.78 is 29.6. The molecule has 0 saturated carbocycles. The molecule has 1 aliphatic rings. The van der Waals surface area contributed by atoms with Crippen LogP contribution in [0.4, 0.5) is 10.1 Å². The second-order valence-electron chi connectivity index (χ2n) is 6.12. The van der Waals surface area contributed by atoms with Crippen molar-refractivity contribution in [2.75, 3.05) is 5.32 Å². The van der Waals surface area contributed by atoms with Crippen molar-refractivity contribution in [1.29, 1.82) is 0 Å². The van der Waals surface area contributed by atoms with Crippen molar-refractivity contribution in [3.63, 3.8) is 0 Å². The van der Waals surface area contributed by atoms with Gasteiger partial charge in [-0.2, -0.15) is 0 Å². The van der Waals surface area contributed by atoms with E-state index in [-0.39, 0.29) is 22.8 Å². The first-order chi connectivity index (χ1) is 13.5. The number of anilines is 1. The summed E-state index contributed by atoms with van der Waals surface area (Å²) in [6.45, 7) is 0. The average molecular weight is 382 g/mol. The molecule has 0 spiro atoms. The molecule has 0 saturated heterocycles. The van der Waals surface area contributed by atoms with E-state index in [4.69, 9.17) is 19.6 Å². The first-order valence-corrected chi connectivity index (χ1v) is 8.40. The Balaban J connectivity index is 1.51. The number of rotatable bonds is 5. The van der Waals surface area contributed by atoms with Crippen LogP contribution in [0.2, 0.25) is 0 Å². The number of benzene rings is 2. The molecule has 2 aromatic carbocycles. The molecule has 142 valence electrons. The van der Waals surface area contributed by atoms with Crippen molar-refractivity contribution < 1.29 is 27.9 Å². The molecular weight excluding hydrogens is 367 g/mol. The van der Waals surface area contributed by atoms with Gasteiger partial charge >= 0.3 is 0 Å². The van der Waals surface area contributed by atoms with Gasteiger partial charge in [-0.3, -0.25) is 9.59 Å². The van der Waals surface area contributed by atoms with Crippen LogP contribution in [-0.2, 0) is 20.7 Å². The SMILES string of the molecule is NC(=O)c1oc2cc(F)ccc2c1NC(=O)C1=COC(Cc2ccccc2)O1. The zero-order valence-corrected chi connectivity index (χ0v) is 14.5. The van der Waals surface area contributed by atoms with Gasteiger partial charge in [0, 0.05) is 17.9 Å². The van der Waals surface area contributed by atoms with E-state index >= 15 is 0 Å². The Morgan fingerprint density at radius 1 is 1.14 bits per heavy atom. The summed E-state index contributed by atoms with van der Waals surface area (Å²) in [6.07, 6.45) is 1.01. The number of fused-ring (bicyclic) bond motifs is 1. The Hall–Kier alpha value is -3.81. The number of nitrogens with one attached hydrogen (secondary N) is 1. The van der Waals surface area contributed by atoms with Crippen molar-refractivity contribution >= 4 is 28.5 Å². The number of nitrogens with two attached hydrogens (primary N) is 1. The predicted molar refractivity (Wildman–Crippen MR) is 97.5 cm³/mol. The van der Waals surface area contributed by atoms with Crippen molar-refractivity contribution in [3.05, 3.63) is 77.7 Å². The fraction of sp³-hybridized carbons (Fsp3) is 0.100. The third-order valence-corrected chi connectivity index (χ3v) is 4.17. The van der Waals surface area contributed by atoms with Gasteiger partial charge in [0.2, 0.25) is 17.8 Å². The van der Waals surface area contributed by atoms with Crippen LogP contribution in [0.3, 0.4) is 0 Å². The summed E-state index contributed by atoms with van der Waals surface area (Å²) in [6, 6.07) is 13.2. The van der Waals surface area contributed by atoms with Crippen molar-refractivity contribution in [2.24, 2.45) is 5.73 Å². The molecule has 1 unspecified atom stereocenters. The minimum absolute atomic E-state index is 0.0449. The summed E-state index contributed by atoms with van der Waals surface area (Å²) in [7, 11) is 0. The number of primary amides is 1. The van der Waals surface area contributed by atoms with Gasteiger partial charge in [0.05, 0.1) is 0 Å². The van der Waals surface area contributed by atoms with E-state index in [0.717, 1.165) is 11.6 Å². The highest BCUT2D eigenvalue weighted by Crippen LogP contribution is 2.32. The number of carbonyl (C=O) groups is 2. The summed E-state index contributed by atoms with van der Waals surface area (Å²) in [5.74, 6) is -2.44. The first kappa shape index (κ1) is 17.6. The molecular formula is C20H15FN2O5. The van der Waals surface area contributed by atoms with Crippen LogP contribution in [-0.4, -0.2) is 18.1 Å². The molecule has 0 radical (unpaired) electrons. The second kappa shape index (κ2) is 7.07. The number of hydrogen-bond acceptors (Lipinski definition) is 5. The predicted octanol–water partition coefficient (Wildman–Crippen LogP) is 3.07. The summed E-state index contributed by atoms with van der Waals surface area (Å²) >= 11 is 0. The smallest absolute Gasteiger partial charge is 0.294 e. The Morgan fingerprint density at radius 2 is 1.93 bits per heavy atom. The highest BCUT2D eigenvalue weighted by molar-refractivity contribution is 6.13. The lowest BCUT2D eigenvalue weighted by molar-refractivity contribution is -0.118.